The van der Waals surface area contributed by atoms with Gasteiger partial charge in [-0.15, -0.1) is 0 Å². The van der Waals surface area contributed by atoms with Gasteiger partial charge in [0, 0.05) is 18.6 Å². The third-order valence-corrected chi connectivity index (χ3v) is 5.95. The highest BCUT2D eigenvalue weighted by Gasteiger charge is 2.27. The minimum atomic E-state index is -0.673. The molecule has 0 saturated heterocycles. The van der Waals surface area contributed by atoms with Gasteiger partial charge in [0.1, 0.15) is 0 Å². The van der Waals surface area contributed by atoms with Gasteiger partial charge in [0.15, 0.2) is 17.2 Å². The molecule has 0 bridgehead atoms. The second-order valence-electron chi connectivity index (χ2n) is 7.38. The largest absolute Gasteiger partial charge is 0.493 e. The second kappa shape index (κ2) is 10.7. The summed E-state index contributed by atoms with van der Waals surface area (Å²) in [5.74, 6) is 0.315. The molecule has 8 nitrogen and oxygen atoms in total. The fraction of sp³-hybridized carbons (Fsp3) is 0.120. The van der Waals surface area contributed by atoms with Crippen LogP contribution in [0.3, 0.4) is 0 Å². The number of non-ortho nitro benzene ring substituents is 1. The van der Waals surface area contributed by atoms with Crippen LogP contribution in [-0.2, 0) is 16.0 Å². The molecule has 0 radical (unpaired) electrons. The molecule has 10 heteroatoms. The van der Waals surface area contributed by atoms with Crippen LogP contribution in [0.5, 0.6) is 11.5 Å². The quantitative estimate of drug-likeness (QED) is 0.146. The van der Waals surface area contributed by atoms with Crippen LogP contribution in [-0.4, -0.2) is 30.5 Å². The van der Waals surface area contributed by atoms with Crippen LogP contribution in [0.25, 0.3) is 6.08 Å². The van der Waals surface area contributed by atoms with Gasteiger partial charge in [-0.1, -0.05) is 41.9 Å². The van der Waals surface area contributed by atoms with Crippen LogP contribution in [0.15, 0.2) is 75.8 Å². The fourth-order valence-electron chi connectivity index (χ4n) is 3.35. The maximum atomic E-state index is 12.4. The number of methoxy groups -OCH3 is 1. The first-order valence-corrected chi connectivity index (χ1v) is 11.5. The number of aliphatic imine (C=N–C) groups is 1. The summed E-state index contributed by atoms with van der Waals surface area (Å²) in [4.78, 5) is 27.0. The summed E-state index contributed by atoms with van der Waals surface area (Å²) in [5, 5.41) is 11.0. The van der Waals surface area contributed by atoms with Crippen molar-refractivity contribution in [2.75, 3.05) is 13.7 Å². The number of cyclic esters (lactones) is 1. The first-order chi connectivity index (χ1) is 16.9. The van der Waals surface area contributed by atoms with E-state index in [-0.39, 0.29) is 27.9 Å². The summed E-state index contributed by atoms with van der Waals surface area (Å²) in [7, 11) is 1.53. The molecular formula is C25H18BrClN2O6. The first kappa shape index (κ1) is 24.4. The van der Waals surface area contributed by atoms with Gasteiger partial charge in [-0.3, -0.25) is 10.1 Å². The van der Waals surface area contributed by atoms with Gasteiger partial charge >= 0.3 is 5.97 Å². The number of halogens is 2. The SMILES string of the molecule is COc1cc(/C=C2\N=C(c3ccc([N+](=O)[O-])cc3Cl)OC2=O)cc(Br)c1OCCc1ccccc1. The van der Waals surface area contributed by atoms with Crippen molar-refractivity contribution in [2.45, 2.75) is 6.42 Å². The molecule has 0 fully saturated rings. The molecule has 1 aliphatic heterocycles. The number of nitro benzene ring substituents is 1. The van der Waals surface area contributed by atoms with Crippen LogP contribution in [0.4, 0.5) is 5.69 Å². The molecule has 0 aliphatic carbocycles. The zero-order chi connectivity index (χ0) is 24.9. The molecule has 0 unspecified atom stereocenters. The number of benzene rings is 3. The van der Waals surface area contributed by atoms with Crippen molar-refractivity contribution in [1.29, 1.82) is 0 Å². The highest BCUT2D eigenvalue weighted by molar-refractivity contribution is 9.10. The maximum absolute atomic E-state index is 12.4. The Morgan fingerprint density at radius 1 is 1.17 bits per heavy atom. The van der Waals surface area contributed by atoms with Gasteiger partial charge in [-0.25, -0.2) is 9.79 Å². The van der Waals surface area contributed by atoms with Crippen molar-refractivity contribution in [2.24, 2.45) is 4.99 Å². The Bertz CT molecular complexity index is 1360. The Hall–Kier alpha value is -3.69. The van der Waals surface area contributed by atoms with Gasteiger partial charge in [0.05, 0.1) is 33.7 Å². The van der Waals surface area contributed by atoms with E-state index < -0.39 is 10.9 Å². The standard InChI is InChI=1S/C25H18BrClN2O6/c1-33-22-13-16(11-19(26)23(22)34-10-9-15-5-3-2-4-6-15)12-21-25(30)35-24(28-21)18-8-7-17(29(31)32)14-20(18)27/h2-8,11-14H,9-10H2,1H3/b21-12-. The summed E-state index contributed by atoms with van der Waals surface area (Å²) >= 11 is 9.64. The van der Waals surface area contributed by atoms with Crippen LogP contribution < -0.4 is 9.47 Å². The van der Waals surface area contributed by atoms with E-state index in [0.29, 0.717) is 28.1 Å². The Labute approximate surface area is 214 Å². The lowest BCUT2D eigenvalue weighted by atomic mass is 10.1. The predicted molar refractivity (Wildman–Crippen MR) is 135 cm³/mol. The topological polar surface area (TPSA) is 100 Å². The van der Waals surface area contributed by atoms with Crippen LogP contribution in [0.1, 0.15) is 16.7 Å². The molecule has 0 saturated carbocycles. The normalized spacial score (nSPS) is 14.0. The summed E-state index contributed by atoms with van der Waals surface area (Å²) in [6.07, 6.45) is 2.27. The number of esters is 1. The molecule has 4 rings (SSSR count). The van der Waals surface area contributed by atoms with Crippen molar-refractivity contribution < 1.29 is 23.9 Å². The number of ether oxygens (including phenoxy) is 3. The molecule has 3 aromatic carbocycles. The molecule has 0 aromatic heterocycles. The minimum absolute atomic E-state index is 0.0342. The molecule has 0 N–H and O–H groups in total. The average molecular weight is 558 g/mol. The van der Waals surface area contributed by atoms with Gasteiger partial charge in [0.25, 0.3) is 5.69 Å². The van der Waals surface area contributed by atoms with Crippen LogP contribution in [0, 0.1) is 10.1 Å². The van der Waals surface area contributed by atoms with Gasteiger partial charge < -0.3 is 14.2 Å². The van der Waals surface area contributed by atoms with E-state index in [4.69, 9.17) is 25.8 Å². The Morgan fingerprint density at radius 3 is 2.63 bits per heavy atom. The van der Waals surface area contributed by atoms with Crippen molar-refractivity contribution in [3.8, 4) is 11.5 Å². The number of carbonyl (C=O) groups is 1. The molecular weight excluding hydrogens is 540 g/mol. The zero-order valence-electron chi connectivity index (χ0n) is 18.4. The molecule has 178 valence electrons. The van der Waals surface area contributed by atoms with E-state index in [9.17, 15) is 14.9 Å². The number of rotatable bonds is 8. The molecule has 1 heterocycles. The van der Waals surface area contributed by atoms with E-state index in [0.717, 1.165) is 12.0 Å². The molecule has 0 amide bonds. The highest BCUT2D eigenvalue weighted by atomic mass is 79.9. The molecule has 1 aliphatic rings. The number of hydrogen-bond donors (Lipinski definition) is 0. The van der Waals surface area contributed by atoms with E-state index in [1.807, 2.05) is 30.3 Å². The van der Waals surface area contributed by atoms with E-state index in [1.165, 1.54) is 31.4 Å². The van der Waals surface area contributed by atoms with Crippen LogP contribution >= 0.6 is 27.5 Å². The lowest BCUT2D eigenvalue weighted by Crippen LogP contribution is -2.06. The van der Waals surface area contributed by atoms with Crippen molar-refractivity contribution in [1.82, 2.24) is 0 Å². The average Bonchev–Trinajstić information content (AvgIpc) is 3.20. The summed E-state index contributed by atoms with van der Waals surface area (Å²) < 4.78 is 17.3. The summed E-state index contributed by atoms with van der Waals surface area (Å²) in [6.45, 7) is 0.454. The number of nitrogens with zero attached hydrogens (tertiary/aromatic N) is 2. The number of hydrogen-bond acceptors (Lipinski definition) is 7. The third kappa shape index (κ3) is 5.70. The van der Waals surface area contributed by atoms with E-state index in [2.05, 4.69) is 20.9 Å². The zero-order valence-corrected chi connectivity index (χ0v) is 20.7. The minimum Gasteiger partial charge on any atom is -0.493 e. The molecule has 3 aromatic rings. The predicted octanol–water partition coefficient (Wildman–Crippen LogP) is 5.99. The Kier molecular flexibility index (Phi) is 7.48. The monoisotopic (exact) mass is 556 g/mol. The van der Waals surface area contributed by atoms with Crippen molar-refractivity contribution in [3.63, 3.8) is 0 Å². The summed E-state index contributed by atoms with van der Waals surface area (Å²) in [6, 6.07) is 17.3. The number of nitro groups is 1. The van der Waals surface area contributed by atoms with Crippen molar-refractivity contribution in [3.05, 3.63) is 103 Å². The van der Waals surface area contributed by atoms with Gasteiger partial charge in [-0.05, 0) is 51.3 Å². The Balaban J connectivity index is 1.55. The van der Waals surface area contributed by atoms with Crippen LogP contribution in [0.2, 0.25) is 5.02 Å². The van der Waals surface area contributed by atoms with Gasteiger partial charge in [0.2, 0.25) is 5.90 Å². The van der Waals surface area contributed by atoms with E-state index in [1.54, 1.807) is 12.1 Å². The molecule has 0 atom stereocenters. The maximum Gasteiger partial charge on any atom is 0.363 e. The molecule has 0 spiro atoms. The number of carbonyl (C=O) groups excluding carboxylic acids is 1. The lowest BCUT2D eigenvalue weighted by Gasteiger charge is -2.13. The Morgan fingerprint density at radius 2 is 1.94 bits per heavy atom. The van der Waals surface area contributed by atoms with Gasteiger partial charge in [-0.2, -0.15) is 0 Å². The smallest absolute Gasteiger partial charge is 0.363 e. The fourth-order valence-corrected chi connectivity index (χ4v) is 4.18. The first-order valence-electron chi connectivity index (χ1n) is 10.4. The van der Waals surface area contributed by atoms with Crippen molar-refractivity contribution >= 4 is 51.2 Å². The highest BCUT2D eigenvalue weighted by Crippen LogP contribution is 2.38. The lowest BCUT2D eigenvalue weighted by molar-refractivity contribution is -0.384. The summed E-state index contributed by atoms with van der Waals surface area (Å²) in [5.41, 5.74) is 1.92. The third-order valence-electron chi connectivity index (χ3n) is 5.05. The second-order valence-corrected chi connectivity index (χ2v) is 8.64. The molecule has 35 heavy (non-hydrogen) atoms. The van der Waals surface area contributed by atoms with E-state index >= 15 is 0 Å².